The zero-order valence-corrected chi connectivity index (χ0v) is 11.4. The van der Waals surface area contributed by atoms with E-state index in [-0.39, 0.29) is 5.84 Å². The minimum Gasteiger partial charge on any atom is -0.409 e. The molecule has 0 aliphatic carbocycles. The van der Waals surface area contributed by atoms with Gasteiger partial charge in [0.2, 0.25) is 0 Å². The summed E-state index contributed by atoms with van der Waals surface area (Å²) in [5, 5.41) is 12.9. The minimum atomic E-state index is -0.0604. The average Bonchev–Trinajstić information content (AvgIpc) is 2.46. The lowest BCUT2D eigenvalue weighted by molar-refractivity contribution is 0.318. The summed E-state index contributed by atoms with van der Waals surface area (Å²) >= 11 is 7.51. The molecule has 0 aliphatic rings. The molecule has 5 nitrogen and oxygen atoms in total. The molecule has 0 saturated heterocycles. The molecular weight excluding hydrogens is 284 g/mol. The van der Waals surface area contributed by atoms with E-state index in [2.05, 4.69) is 15.1 Å². The molecule has 0 atom stereocenters. The normalized spacial score (nSPS) is 11.5. The van der Waals surface area contributed by atoms with Crippen LogP contribution < -0.4 is 5.73 Å². The topological polar surface area (TPSA) is 84.4 Å². The second-order valence-electron chi connectivity index (χ2n) is 3.58. The third-order valence-corrected chi connectivity index (χ3v) is 3.73. The molecule has 0 aliphatic heterocycles. The Bertz CT molecular complexity index is 606. The summed E-state index contributed by atoms with van der Waals surface area (Å²) in [6, 6.07) is 7.57. The highest BCUT2D eigenvalue weighted by molar-refractivity contribution is 7.98. The number of amidine groups is 1. The summed E-state index contributed by atoms with van der Waals surface area (Å²) < 4.78 is 0. The Kier molecular flexibility index (Phi) is 4.59. The van der Waals surface area contributed by atoms with E-state index in [9.17, 15) is 0 Å². The molecule has 0 fully saturated rings. The van der Waals surface area contributed by atoms with Gasteiger partial charge in [-0.3, -0.25) is 0 Å². The number of rotatable bonds is 4. The Morgan fingerprint density at radius 1 is 1.32 bits per heavy atom. The summed E-state index contributed by atoms with van der Waals surface area (Å²) in [7, 11) is 0. The molecule has 0 unspecified atom stereocenters. The molecule has 1 aromatic carbocycles. The van der Waals surface area contributed by atoms with Crippen molar-refractivity contribution in [2.45, 2.75) is 10.8 Å². The van der Waals surface area contributed by atoms with Crippen molar-refractivity contribution >= 4 is 29.2 Å². The van der Waals surface area contributed by atoms with Crippen LogP contribution in [0.15, 0.2) is 46.8 Å². The van der Waals surface area contributed by atoms with Crippen LogP contribution in [0.3, 0.4) is 0 Å². The van der Waals surface area contributed by atoms with Crippen LogP contribution in [0.4, 0.5) is 0 Å². The fraction of sp³-hybridized carbons (Fsp3) is 0.0833. The SMILES string of the molecule is N/C(=N/O)c1nccnc1SCc1ccccc1Cl. The first-order valence-corrected chi connectivity index (χ1v) is 6.74. The second kappa shape index (κ2) is 6.40. The molecule has 0 spiro atoms. The summed E-state index contributed by atoms with van der Waals surface area (Å²) in [4.78, 5) is 8.23. The van der Waals surface area contributed by atoms with Crippen LogP contribution in [0.25, 0.3) is 0 Å². The molecule has 98 valence electrons. The molecule has 0 bridgehead atoms. The Morgan fingerprint density at radius 2 is 2.05 bits per heavy atom. The van der Waals surface area contributed by atoms with E-state index in [1.165, 1.54) is 18.0 Å². The molecule has 0 amide bonds. The van der Waals surface area contributed by atoms with Gasteiger partial charge in [0.05, 0.1) is 0 Å². The number of nitrogens with two attached hydrogens (primary N) is 1. The van der Waals surface area contributed by atoms with E-state index in [4.69, 9.17) is 22.5 Å². The first-order valence-electron chi connectivity index (χ1n) is 5.37. The van der Waals surface area contributed by atoms with Crippen molar-refractivity contribution in [3.63, 3.8) is 0 Å². The first-order chi connectivity index (χ1) is 9.22. The average molecular weight is 295 g/mol. The van der Waals surface area contributed by atoms with Gasteiger partial charge >= 0.3 is 0 Å². The first kappa shape index (κ1) is 13.6. The lowest BCUT2D eigenvalue weighted by atomic mass is 10.2. The van der Waals surface area contributed by atoms with Gasteiger partial charge in [0.25, 0.3) is 0 Å². The number of nitrogens with zero attached hydrogens (tertiary/aromatic N) is 3. The van der Waals surface area contributed by atoms with Crippen molar-refractivity contribution in [1.82, 2.24) is 9.97 Å². The minimum absolute atomic E-state index is 0.0604. The van der Waals surface area contributed by atoms with E-state index >= 15 is 0 Å². The van der Waals surface area contributed by atoms with Crippen molar-refractivity contribution in [1.29, 1.82) is 0 Å². The van der Waals surface area contributed by atoms with E-state index in [1.54, 1.807) is 6.20 Å². The molecule has 1 aromatic heterocycles. The zero-order valence-electron chi connectivity index (χ0n) is 9.82. The van der Waals surface area contributed by atoms with Gasteiger partial charge in [-0.15, -0.1) is 0 Å². The fourth-order valence-corrected chi connectivity index (χ4v) is 2.67. The standard InChI is InChI=1S/C12H11ClN4OS/c13-9-4-2-1-3-8(9)7-19-12-10(11(14)17-18)15-5-6-16-12/h1-6,18H,7H2,(H2,14,17). The highest BCUT2D eigenvalue weighted by Crippen LogP contribution is 2.26. The van der Waals surface area contributed by atoms with Crippen molar-refractivity contribution in [2.75, 3.05) is 0 Å². The van der Waals surface area contributed by atoms with E-state index in [0.717, 1.165) is 5.56 Å². The van der Waals surface area contributed by atoms with E-state index in [0.29, 0.717) is 21.5 Å². The van der Waals surface area contributed by atoms with Gasteiger partial charge in [-0.2, -0.15) is 0 Å². The van der Waals surface area contributed by atoms with Gasteiger partial charge in [-0.25, -0.2) is 9.97 Å². The molecule has 3 N–H and O–H groups in total. The zero-order chi connectivity index (χ0) is 13.7. The van der Waals surface area contributed by atoms with Crippen LogP contribution in [-0.4, -0.2) is 21.0 Å². The third kappa shape index (κ3) is 3.36. The van der Waals surface area contributed by atoms with Gasteiger partial charge in [-0.1, -0.05) is 46.7 Å². The van der Waals surface area contributed by atoms with Crippen molar-refractivity contribution in [3.8, 4) is 0 Å². The molecule has 2 rings (SSSR count). The molecular formula is C12H11ClN4OS. The monoisotopic (exact) mass is 294 g/mol. The summed E-state index contributed by atoms with van der Waals surface area (Å²) in [6.07, 6.45) is 3.05. The van der Waals surface area contributed by atoms with Crippen LogP contribution in [0, 0.1) is 0 Å². The van der Waals surface area contributed by atoms with Gasteiger partial charge in [-0.05, 0) is 11.6 Å². The molecule has 1 heterocycles. The molecule has 0 saturated carbocycles. The predicted molar refractivity (Wildman–Crippen MR) is 75.6 cm³/mol. The number of benzene rings is 1. The molecule has 0 radical (unpaired) electrons. The van der Waals surface area contributed by atoms with Gasteiger partial charge in [0, 0.05) is 23.2 Å². The summed E-state index contributed by atoms with van der Waals surface area (Å²) in [6.45, 7) is 0. The number of oxime groups is 1. The Morgan fingerprint density at radius 3 is 2.79 bits per heavy atom. The number of thioether (sulfide) groups is 1. The predicted octanol–water partition coefficient (Wildman–Crippen LogP) is 2.52. The Balaban J connectivity index is 2.19. The van der Waals surface area contributed by atoms with Gasteiger partial charge < -0.3 is 10.9 Å². The van der Waals surface area contributed by atoms with Crippen LogP contribution in [0.5, 0.6) is 0 Å². The molecule has 2 aromatic rings. The highest BCUT2D eigenvalue weighted by atomic mass is 35.5. The maximum Gasteiger partial charge on any atom is 0.191 e. The van der Waals surface area contributed by atoms with Crippen molar-refractivity contribution < 1.29 is 5.21 Å². The lowest BCUT2D eigenvalue weighted by Gasteiger charge is -2.06. The number of aromatic nitrogens is 2. The van der Waals surface area contributed by atoms with Crippen LogP contribution in [0.2, 0.25) is 5.02 Å². The Labute approximate surface area is 119 Å². The summed E-state index contributed by atoms with van der Waals surface area (Å²) in [5.74, 6) is 0.569. The second-order valence-corrected chi connectivity index (χ2v) is 4.95. The number of hydrogen-bond acceptors (Lipinski definition) is 5. The number of halogens is 1. The molecule has 19 heavy (non-hydrogen) atoms. The van der Waals surface area contributed by atoms with Crippen LogP contribution >= 0.6 is 23.4 Å². The quantitative estimate of drug-likeness (QED) is 0.298. The van der Waals surface area contributed by atoms with Gasteiger partial charge in [0.15, 0.2) is 5.84 Å². The van der Waals surface area contributed by atoms with Crippen LogP contribution in [0.1, 0.15) is 11.3 Å². The molecule has 7 heteroatoms. The lowest BCUT2D eigenvalue weighted by Crippen LogP contribution is -2.16. The highest BCUT2D eigenvalue weighted by Gasteiger charge is 2.11. The Hall–Kier alpha value is -1.79. The van der Waals surface area contributed by atoms with Crippen molar-refractivity contribution in [3.05, 3.63) is 52.9 Å². The largest absolute Gasteiger partial charge is 0.409 e. The fourth-order valence-electron chi connectivity index (χ4n) is 1.42. The third-order valence-electron chi connectivity index (χ3n) is 2.34. The summed E-state index contributed by atoms with van der Waals surface area (Å²) in [5.41, 5.74) is 6.91. The van der Waals surface area contributed by atoms with E-state index < -0.39 is 0 Å². The number of hydrogen-bond donors (Lipinski definition) is 2. The maximum absolute atomic E-state index is 8.71. The van der Waals surface area contributed by atoms with Gasteiger partial charge in [0.1, 0.15) is 10.7 Å². The van der Waals surface area contributed by atoms with Crippen molar-refractivity contribution in [2.24, 2.45) is 10.9 Å². The maximum atomic E-state index is 8.71. The van der Waals surface area contributed by atoms with Crippen LogP contribution in [-0.2, 0) is 5.75 Å². The van der Waals surface area contributed by atoms with E-state index in [1.807, 2.05) is 24.3 Å². The smallest absolute Gasteiger partial charge is 0.191 e.